The van der Waals surface area contributed by atoms with E-state index in [0.717, 1.165) is 18.7 Å². The van der Waals surface area contributed by atoms with Crippen molar-refractivity contribution in [3.63, 3.8) is 0 Å². The Morgan fingerprint density at radius 1 is 1.53 bits per heavy atom. The van der Waals surface area contributed by atoms with E-state index in [1.165, 1.54) is 31.4 Å². The lowest BCUT2D eigenvalue weighted by Crippen LogP contribution is -2.37. The lowest BCUT2D eigenvalue weighted by atomic mass is 9.98. The highest BCUT2D eigenvalue weighted by Gasteiger charge is 2.17. The van der Waals surface area contributed by atoms with Crippen molar-refractivity contribution in [1.82, 2.24) is 5.32 Å². The van der Waals surface area contributed by atoms with Gasteiger partial charge >= 0.3 is 0 Å². The van der Waals surface area contributed by atoms with Gasteiger partial charge in [-0.05, 0) is 60.8 Å². The minimum absolute atomic E-state index is 0.287. The lowest BCUT2D eigenvalue weighted by molar-refractivity contribution is 0.371. The monoisotopic (exact) mass is 348 g/mol. The summed E-state index contributed by atoms with van der Waals surface area (Å²) in [5, 5.41) is 7.31. The molecule has 1 aliphatic heterocycles. The van der Waals surface area contributed by atoms with Crippen molar-refractivity contribution in [3.05, 3.63) is 27.4 Å². The van der Waals surface area contributed by atoms with Gasteiger partial charge in [-0.1, -0.05) is 18.0 Å². The minimum Gasteiger partial charge on any atom is -0.380 e. The summed E-state index contributed by atoms with van der Waals surface area (Å²) in [6.45, 7) is 3.24. The molecule has 2 rings (SSSR count). The zero-order valence-electron chi connectivity index (χ0n) is 11.0. The number of anilines is 1. The molecule has 1 aliphatic rings. The van der Waals surface area contributed by atoms with E-state index in [1.54, 1.807) is 0 Å². The summed E-state index contributed by atoms with van der Waals surface area (Å²) >= 11 is 9.42. The molecule has 0 saturated carbocycles. The van der Waals surface area contributed by atoms with E-state index in [-0.39, 0.29) is 11.9 Å². The van der Waals surface area contributed by atoms with Gasteiger partial charge in [0.25, 0.3) is 0 Å². The molecule has 0 bridgehead atoms. The number of hydrogen-bond donors (Lipinski definition) is 2. The molecule has 2 unspecified atom stereocenters. The van der Waals surface area contributed by atoms with Gasteiger partial charge in [0.05, 0.1) is 10.7 Å². The van der Waals surface area contributed by atoms with Gasteiger partial charge < -0.3 is 10.6 Å². The maximum atomic E-state index is 13.2. The summed E-state index contributed by atoms with van der Waals surface area (Å²) in [6.07, 6.45) is 4.84. The van der Waals surface area contributed by atoms with Crippen LogP contribution in [0.1, 0.15) is 32.6 Å². The third-order valence-corrected chi connectivity index (χ3v) is 4.37. The molecule has 19 heavy (non-hydrogen) atoms. The normalized spacial score (nSPS) is 21.2. The van der Waals surface area contributed by atoms with Crippen molar-refractivity contribution in [2.75, 3.05) is 11.9 Å². The Labute approximate surface area is 127 Å². The van der Waals surface area contributed by atoms with Gasteiger partial charge in [0.1, 0.15) is 5.82 Å². The molecule has 0 radical (unpaired) electrons. The van der Waals surface area contributed by atoms with Gasteiger partial charge in [0, 0.05) is 16.6 Å². The summed E-state index contributed by atoms with van der Waals surface area (Å²) in [5.74, 6) is -0.330. The lowest BCUT2D eigenvalue weighted by Gasteiger charge is -2.27. The Kier molecular flexibility index (Phi) is 5.48. The molecule has 1 aromatic carbocycles. The molecule has 1 aromatic rings. The zero-order chi connectivity index (χ0) is 13.8. The molecule has 106 valence electrons. The molecule has 2 N–H and O–H groups in total. The Hall–Kier alpha value is -0.320. The second-order valence-corrected chi connectivity index (χ2v) is 6.43. The second kappa shape index (κ2) is 6.91. The maximum Gasteiger partial charge on any atom is 0.125 e. The Bertz CT molecular complexity index is 412. The molecule has 0 spiro atoms. The number of nitrogens with one attached hydrogen (secondary N) is 2. The first-order valence-electron chi connectivity index (χ1n) is 6.70. The van der Waals surface area contributed by atoms with Crippen LogP contribution in [0.5, 0.6) is 0 Å². The molecule has 1 fully saturated rings. The number of rotatable bonds is 4. The third-order valence-electron chi connectivity index (χ3n) is 3.45. The van der Waals surface area contributed by atoms with E-state index >= 15 is 0 Å². The number of halogens is 3. The quantitative estimate of drug-likeness (QED) is 0.832. The molecular weight excluding hydrogens is 331 g/mol. The fraction of sp³-hybridized carbons (Fsp3) is 0.571. The van der Waals surface area contributed by atoms with Crippen molar-refractivity contribution >= 4 is 33.2 Å². The fourth-order valence-electron chi connectivity index (χ4n) is 2.54. The zero-order valence-corrected chi connectivity index (χ0v) is 13.3. The van der Waals surface area contributed by atoms with E-state index in [2.05, 4.69) is 33.5 Å². The van der Waals surface area contributed by atoms with E-state index in [4.69, 9.17) is 11.6 Å². The van der Waals surface area contributed by atoms with Crippen LogP contribution < -0.4 is 10.6 Å². The topological polar surface area (TPSA) is 24.1 Å². The smallest absolute Gasteiger partial charge is 0.125 e. The summed E-state index contributed by atoms with van der Waals surface area (Å²) in [6, 6.07) is 3.61. The van der Waals surface area contributed by atoms with Gasteiger partial charge in [-0.3, -0.25) is 0 Å². The van der Waals surface area contributed by atoms with Crippen LogP contribution >= 0.6 is 27.5 Å². The highest BCUT2D eigenvalue weighted by molar-refractivity contribution is 9.10. The van der Waals surface area contributed by atoms with Crippen LogP contribution in [-0.4, -0.2) is 18.6 Å². The fourth-order valence-corrected chi connectivity index (χ4v) is 3.46. The SMILES string of the molecule is CC(CC1CCCCN1)Nc1c(Cl)cc(F)cc1Br. The summed E-state index contributed by atoms with van der Waals surface area (Å²) in [4.78, 5) is 0. The average molecular weight is 350 g/mol. The first-order valence-corrected chi connectivity index (χ1v) is 7.88. The van der Waals surface area contributed by atoms with E-state index in [0.29, 0.717) is 15.5 Å². The summed E-state index contributed by atoms with van der Waals surface area (Å²) in [5.41, 5.74) is 0.770. The van der Waals surface area contributed by atoms with Gasteiger partial charge in [-0.2, -0.15) is 0 Å². The molecular formula is C14H19BrClFN2. The Balaban J connectivity index is 1.96. The van der Waals surface area contributed by atoms with E-state index < -0.39 is 0 Å². The first kappa shape index (κ1) is 15.1. The molecule has 1 heterocycles. The van der Waals surface area contributed by atoms with Crippen molar-refractivity contribution in [2.24, 2.45) is 0 Å². The molecule has 2 atom stereocenters. The van der Waals surface area contributed by atoms with Crippen LogP contribution in [0.4, 0.5) is 10.1 Å². The van der Waals surface area contributed by atoms with Gasteiger partial charge in [-0.25, -0.2) is 4.39 Å². The van der Waals surface area contributed by atoms with Crippen LogP contribution in [0.2, 0.25) is 5.02 Å². The third kappa shape index (κ3) is 4.33. The van der Waals surface area contributed by atoms with Crippen molar-refractivity contribution in [3.8, 4) is 0 Å². The average Bonchev–Trinajstić information content (AvgIpc) is 2.35. The van der Waals surface area contributed by atoms with Gasteiger partial charge in [0.15, 0.2) is 0 Å². The molecule has 5 heteroatoms. The van der Waals surface area contributed by atoms with Crippen molar-refractivity contribution in [1.29, 1.82) is 0 Å². The highest BCUT2D eigenvalue weighted by atomic mass is 79.9. The van der Waals surface area contributed by atoms with Crippen LogP contribution in [0.15, 0.2) is 16.6 Å². The maximum absolute atomic E-state index is 13.2. The molecule has 0 amide bonds. The molecule has 0 aliphatic carbocycles. The van der Waals surface area contributed by atoms with Crippen molar-refractivity contribution in [2.45, 2.75) is 44.7 Å². The number of benzene rings is 1. The molecule has 2 nitrogen and oxygen atoms in total. The predicted octanol–water partition coefficient (Wildman–Crippen LogP) is 4.57. The first-order chi connectivity index (χ1) is 9.06. The standard InChI is InChI=1S/C14H19BrClFN2/c1-9(6-11-4-2-3-5-18-11)19-14-12(15)7-10(17)8-13(14)16/h7-9,11,18-19H,2-6H2,1H3. The predicted molar refractivity (Wildman–Crippen MR) is 82.5 cm³/mol. The van der Waals surface area contributed by atoms with Gasteiger partial charge in [-0.15, -0.1) is 0 Å². The Morgan fingerprint density at radius 3 is 2.95 bits per heavy atom. The summed E-state index contributed by atoms with van der Waals surface area (Å²) < 4.78 is 13.8. The van der Waals surface area contributed by atoms with Crippen LogP contribution in [0.3, 0.4) is 0 Å². The van der Waals surface area contributed by atoms with Crippen molar-refractivity contribution < 1.29 is 4.39 Å². The van der Waals surface area contributed by atoms with Crippen LogP contribution in [0, 0.1) is 5.82 Å². The summed E-state index contributed by atoms with van der Waals surface area (Å²) in [7, 11) is 0. The second-order valence-electron chi connectivity index (χ2n) is 5.17. The van der Waals surface area contributed by atoms with Crippen LogP contribution in [0.25, 0.3) is 0 Å². The Morgan fingerprint density at radius 2 is 2.32 bits per heavy atom. The number of hydrogen-bond acceptors (Lipinski definition) is 2. The molecule has 0 aromatic heterocycles. The molecule has 1 saturated heterocycles. The van der Waals surface area contributed by atoms with E-state index in [1.807, 2.05) is 0 Å². The minimum atomic E-state index is -0.330. The van der Waals surface area contributed by atoms with Gasteiger partial charge in [0.2, 0.25) is 0 Å². The number of piperidine rings is 1. The highest BCUT2D eigenvalue weighted by Crippen LogP contribution is 2.32. The van der Waals surface area contributed by atoms with Crippen LogP contribution in [-0.2, 0) is 0 Å². The largest absolute Gasteiger partial charge is 0.380 e. The van der Waals surface area contributed by atoms with E-state index in [9.17, 15) is 4.39 Å².